The van der Waals surface area contributed by atoms with Crippen molar-refractivity contribution < 1.29 is 5.11 Å². The number of hydrogen-bond acceptors (Lipinski definition) is 1. The van der Waals surface area contributed by atoms with Crippen LogP contribution in [0.1, 0.15) is 98.8 Å². The lowest BCUT2D eigenvalue weighted by atomic mass is 9.60. The molecule has 6 atom stereocenters. The van der Waals surface area contributed by atoms with Crippen LogP contribution in [-0.2, 0) is 0 Å². The maximum Gasteiger partial charge on any atom is 0.0583 e. The fourth-order valence-electron chi connectivity index (χ4n) is 6.67. The summed E-state index contributed by atoms with van der Waals surface area (Å²) < 4.78 is 0. The Morgan fingerprint density at radius 1 is 1.07 bits per heavy atom. The summed E-state index contributed by atoms with van der Waals surface area (Å²) in [4.78, 5) is 0. The fourth-order valence-corrected chi connectivity index (χ4v) is 6.67. The van der Waals surface area contributed by atoms with Crippen molar-refractivity contribution in [2.24, 2.45) is 35.0 Å². The van der Waals surface area contributed by atoms with Gasteiger partial charge in [0.2, 0.25) is 0 Å². The first kappa shape index (κ1) is 22.9. The molecule has 0 heterocycles. The summed E-state index contributed by atoms with van der Waals surface area (Å²) in [5, 5.41) is 10.0. The quantitative estimate of drug-likeness (QED) is 0.482. The summed E-state index contributed by atoms with van der Waals surface area (Å²) in [7, 11) is 0. The third-order valence-corrected chi connectivity index (χ3v) is 9.13. The maximum absolute atomic E-state index is 10.0. The average Bonchev–Trinajstić information content (AvgIpc) is 3.04. The summed E-state index contributed by atoms with van der Waals surface area (Å²) >= 11 is 0. The molecule has 0 aromatic rings. The van der Waals surface area contributed by atoms with E-state index >= 15 is 0 Å². The molecule has 164 valence electrons. The van der Waals surface area contributed by atoms with Crippen LogP contribution in [0.3, 0.4) is 0 Å². The second kappa shape index (κ2) is 9.54. The molecule has 0 aromatic carbocycles. The Morgan fingerprint density at radius 3 is 2.55 bits per heavy atom. The lowest BCUT2D eigenvalue weighted by molar-refractivity contribution is 0.0907. The third kappa shape index (κ3) is 5.09. The molecular formula is C28H46O. The van der Waals surface area contributed by atoms with Crippen LogP contribution in [0.2, 0.25) is 0 Å². The normalized spacial score (nSPS) is 37.9. The highest BCUT2D eigenvalue weighted by Crippen LogP contribution is 2.60. The molecule has 0 bridgehead atoms. The topological polar surface area (TPSA) is 20.2 Å². The first-order valence-electron chi connectivity index (χ1n) is 12.5. The van der Waals surface area contributed by atoms with Crippen LogP contribution >= 0.6 is 0 Å². The van der Waals surface area contributed by atoms with E-state index in [1.807, 2.05) is 0 Å². The van der Waals surface area contributed by atoms with Gasteiger partial charge in [0, 0.05) is 0 Å². The minimum absolute atomic E-state index is 0.174. The van der Waals surface area contributed by atoms with Crippen molar-refractivity contribution in [3.63, 3.8) is 0 Å². The standard InChI is InChI=1S/C28H46O/c1-19(2)20(3)9-10-22(5)26-15-16-27-23(8-7-17-28(26,27)6)12-13-24-18-25(29)14-11-21(24)4/h12-13,19-20,22,25-27,29H,4,7-11,14-18H2,1-3,5-6H3/b23-12-,24-13+. The molecule has 0 aromatic heterocycles. The highest BCUT2D eigenvalue weighted by Gasteiger charge is 2.50. The van der Waals surface area contributed by atoms with Gasteiger partial charge in [-0.15, -0.1) is 0 Å². The number of aliphatic hydroxyl groups is 1. The minimum Gasteiger partial charge on any atom is -0.393 e. The van der Waals surface area contributed by atoms with Crippen LogP contribution in [0.15, 0.2) is 35.5 Å². The Kier molecular flexibility index (Phi) is 7.52. The molecule has 0 radical (unpaired) electrons. The summed E-state index contributed by atoms with van der Waals surface area (Å²) in [6.45, 7) is 16.6. The van der Waals surface area contributed by atoms with Crippen molar-refractivity contribution in [3.8, 4) is 0 Å². The van der Waals surface area contributed by atoms with Crippen LogP contribution < -0.4 is 0 Å². The van der Waals surface area contributed by atoms with E-state index in [4.69, 9.17) is 0 Å². The molecule has 3 aliphatic carbocycles. The molecule has 3 rings (SSSR count). The zero-order chi connectivity index (χ0) is 21.2. The first-order chi connectivity index (χ1) is 13.7. The highest BCUT2D eigenvalue weighted by molar-refractivity contribution is 5.36. The van der Waals surface area contributed by atoms with E-state index in [9.17, 15) is 5.11 Å². The van der Waals surface area contributed by atoms with Gasteiger partial charge in [-0.2, -0.15) is 0 Å². The number of aliphatic hydroxyl groups excluding tert-OH is 1. The largest absolute Gasteiger partial charge is 0.393 e. The van der Waals surface area contributed by atoms with Gasteiger partial charge < -0.3 is 5.11 Å². The highest BCUT2D eigenvalue weighted by atomic mass is 16.3. The van der Waals surface area contributed by atoms with Gasteiger partial charge in [0.15, 0.2) is 0 Å². The van der Waals surface area contributed by atoms with Crippen LogP contribution in [0.5, 0.6) is 0 Å². The first-order valence-corrected chi connectivity index (χ1v) is 12.5. The van der Waals surface area contributed by atoms with Gasteiger partial charge in [-0.1, -0.05) is 77.3 Å². The molecule has 0 amide bonds. The molecule has 6 unspecified atom stereocenters. The Hall–Kier alpha value is -0.820. The Balaban J connectivity index is 1.70. The number of fused-ring (bicyclic) bond motifs is 1. The van der Waals surface area contributed by atoms with E-state index in [0.29, 0.717) is 5.41 Å². The maximum atomic E-state index is 10.0. The Morgan fingerprint density at radius 2 is 1.83 bits per heavy atom. The summed E-state index contributed by atoms with van der Waals surface area (Å²) in [6.07, 6.45) is 16.8. The summed E-state index contributed by atoms with van der Waals surface area (Å²) in [5.41, 5.74) is 4.70. The van der Waals surface area contributed by atoms with E-state index in [1.54, 1.807) is 5.57 Å². The molecule has 0 aliphatic heterocycles. The van der Waals surface area contributed by atoms with Crippen LogP contribution in [0, 0.1) is 35.0 Å². The molecule has 1 N–H and O–H groups in total. The van der Waals surface area contributed by atoms with Crippen LogP contribution in [0.25, 0.3) is 0 Å². The average molecular weight is 399 g/mol. The fraction of sp³-hybridized carbons (Fsp3) is 0.786. The van der Waals surface area contributed by atoms with E-state index in [2.05, 4.69) is 53.3 Å². The molecule has 1 nitrogen and oxygen atoms in total. The van der Waals surface area contributed by atoms with E-state index in [-0.39, 0.29) is 6.10 Å². The summed E-state index contributed by atoms with van der Waals surface area (Å²) in [5.74, 6) is 4.14. The van der Waals surface area contributed by atoms with Gasteiger partial charge in [0.25, 0.3) is 0 Å². The van der Waals surface area contributed by atoms with Gasteiger partial charge >= 0.3 is 0 Å². The molecular weight excluding hydrogens is 352 g/mol. The van der Waals surface area contributed by atoms with Crippen molar-refractivity contribution in [1.82, 2.24) is 0 Å². The van der Waals surface area contributed by atoms with E-state index in [0.717, 1.165) is 48.9 Å². The van der Waals surface area contributed by atoms with Crippen molar-refractivity contribution in [1.29, 1.82) is 0 Å². The Bertz CT molecular complexity index is 639. The molecule has 1 heteroatoms. The van der Waals surface area contributed by atoms with Gasteiger partial charge in [0.1, 0.15) is 0 Å². The van der Waals surface area contributed by atoms with Crippen LogP contribution in [-0.4, -0.2) is 11.2 Å². The van der Waals surface area contributed by atoms with Gasteiger partial charge in [-0.05, 0) is 91.9 Å². The van der Waals surface area contributed by atoms with Gasteiger partial charge in [-0.25, -0.2) is 0 Å². The number of hydrogen-bond donors (Lipinski definition) is 1. The number of rotatable bonds is 6. The molecule has 3 saturated carbocycles. The molecule has 29 heavy (non-hydrogen) atoms. The Labute approximate surface area is 180 Å². The monoisotopic (exact) mass is 398 g/mol. The van der Waals surface area contributed by atoms with E-state index < -0.39 is 0 Å². The molecule has 3 fully saturated rings. The van der Waals surface area contributed by atoms with Crippen molar-refractivity contribution in [3.05, 3.63) is 35.5 Å². The minimum atomic E-state index is -0.174. The third-order valence-electron chi connectivity index (χ3n) is 9.13. The summed E-state index contributed by atoms with van der Waals surface area (Å²) in [6, 6.07) is 0. The predicted molar refractivity (Wildman–Crippen MR) is 126 cm³/mol. The lowest BCUT2D eigenvalue weighted by Crippen LogP contribution is -2.36. The smallest absolute Gasteiger partial charge is 0.0583 e. The van der Waals surface area contributed by atoms with Crippen molar-refractivity contribution >= 4 is 0 Å². The zero-order valence-corrected chi connectivity index (χ0v) is 19.8. The van der Waals surface area contributed by atoms with Crippen molar-refractivity contribution in [2.45, 2.75) is 105 Å². The SMILES string of the molecule is C=C1CCC(O)C/C1=C\C=C1\CCCC2(C)C1CCC2C(C)CCC(C)C(C)C. The molecule has 0 saturated heterocycles. The zero-order valence-electron chi connectivity index (χ0n) is 19.8. The van der Waals surface area contributed by atoms with Gasteiger partial charge in [-0.3, -0.25) is 0 Å². The lowest BCUT2D eigenvalue weighted by Gasteiger charge is -2.44. The van der Waals surface area contributed by atoms with Crippen molar-refractivity contribution in [2.75, 3.05) is 0 Å². The second-order valence-corrected chi connectivity index (χ2v) is 11.3. The second-order valence-electron chi connectivity index (χ2n) is 11.3. The molecule has 0 spiro atoms. The van der Waals surface area contributed by atoms with Crippen LogP contribution in [0.4, 0.5) is 0 Å². The molecule has 3 aliphatic rings. The van der Waals surface area contributed by atoms with E-state index in [1.165, 1.54) is 56.1 Å². The number of allylic oxidation sites excluding steroid dienone is 4. The van der Waals surface area contributed by atoms with Gasteiger partial charge in [0.05, 0.1) is 6.10 Å². The predicted octanol–water partition coefficient (Wildman–Crippen LogP) is 7.87.